The number of aromatic hydroxyl groups is 1. The molecule has 3 N–H and O–H groups in total. The van der Waals surface area contributed by atoms with E-state index in [2.05, 4.69) is 5.32 Å². The molecule has 2 aromatic carbocycles. The highest BCUT2D eigenvalue weighted by Crippen LogP contribution is 2.30. The molecule has 0 aliphatic carbocycles. The number of carboxylic acids is 1. The van der Waals surface area contributed by atoms with Gasteiger partial charge in [-0.1, -0.05) is 36.8 Å². The zero-order valence-electron chi connectivity index (χ0n) is 14.8. The van der Waals surface area contributed by atoms with Gasteiger partial charge in [0.1, 0.15) is 6.10 Å². The van der Waals surface area contributed by atoms with E-state index in [4.69, 9.17) is 9.84 Å². The molecule has 0 saturated heterocycles. The maximum absolute atomic E-state index is 13.7. The number of carbonyl (C=O) groups excluding carboxylic acids is 1. The Morgan fingerprint density at radius 2 is 1.85 bits per heavy atom. The van der Waals surface area contributed by atoms with Gasteiger partial charge in [0.05, 0.1) is 0 Å². The standard InChI is InChI=1S/C20H20FNO5/c1-12-3-7-15(8-4-12)22-20(26)27-19(13(2)5-10-18(24)25)14-6-9-17(23)16(21)11-14/h3-11,13,19,23H,1-2H3,(H,22,26)(H,24,25)/b10-5+/t13-,19-/m0/s1. The molecule has 0 fully saturated rings. The summed E-state index contributed by atoms with van der Waals surface area (Å²) in [6, 6.07) is 10.7. The number of carboxylic acid groups (broad SMARTS) is 1. The second-order valence-corrected chi connectivity index (χ2v) is 6.08. The number of carbonyl (C=O) groups is 2. The summed E-state index contributed by atoms with van der Waals surface area (Å²) in [6.07, 6.45) is 0.543. The molecule has 2 rings (SSSR count). The predicted molar refractivity (Wildman–Crippen MR) is 98.0 cm³/mol. The Balaban J connectivity index is 2.22. The van der Waals surface area contributed by atoms with Gasteiger partial charge in [-0.05, 0) is 36.8 Å². The Kier molecular flexibility index (Phi) is 6.54. The molecule has 0 aliphatic heterocycles. The summed E-state index contributed by atoms with van der Waals surface area (Å²) in [6.45, 7) is 3.54. The third-order valence-electron chi connectivity index (χ3n) is 3.85. The van der Waals surface area contributed by atoms with Crippen LogP contribution in [0.25, 0.3) is 0 Å². The fourth-order valence-electron chi connectivity index (χ4n) is 2.41. The second-order valence-electron chi connectivity index (χ2n) is 6.08. The van der Waals surface area contributed by atoms with E-state index < -0.39 is 35.7 Å². The number of benzene rings is 2. The lowest BCUT2D eigenvalue weighted by Crippen LogP contribution is -2.21. The lowest BCUT2D eigenvalue weighted by atomic mass is 9.96. The molecule has 6 nitrogen and oxygen atoms in total. The van der Waals surface area contributed by atoms with Crippen LogP contribution < -0.4 is 5.32 Å². The van der Waals surface area contributed by atoms with Gasteiger partial charge < -0.3 is 14.9 Å². The molecule has 0 bridgehead atoms. The number of rotatable bonds is 6. The minimum atomic E-state index is -1.15. The van der Waals surface area contributed by atoms with Crippen LogP contribution in [-0.4, -0.2) is 22.3 Å². The molecule has 0 radical (unpaired) electrons. The first-order valence-electron chi connectivity index (χ1n) is 8.20. The molecule has 27 heavy (non-hydrogen) atoms. The van der Waals surface area contributed by atoms with Crippen LogP contribution in [0.4, 0.5) is 14.9 Å². The van der Waals surface area contributed by atoms with Crippen molar-refractivity contribution in [2.45, 2.75) is 20.0 Å². The number of amides is 1. The van der Waals surface area contributed by atoms with Gasteiger partial charge >= 0.3 is 12.1 Å². The summed E-state index contributed by atoms with van der Waals surface area (Å²) < 4.78 is 19.1. The number of nitrogens with one attached hydrogen (secondary N) is 1. The topological polar surface area (TPSA) is 95.9 Å². The number of hydrogen-bond donors (Lipinski definition) is 3. The number of anilines is 1. The Hall–Kier alpha value is -3.35. The average Bonchev–Trinajstić information content (AvgIpc) is 2.62. The van der Waals surface area contributed by atoms with Gasteiger partial charge in [0, 0.05) is 17.7 Å². The van der Waals surface area contributed by atoms with Crippen LogP contribution >= 0.6 is 0 Å². The second kappa shape index (κ2) is 8.84. The average molecular weight is 373 g/mol. The van der Waals surface area contributed by atoms with E-state index >= 15 is 0 Å². The van der Waals surface area contributed by atoms with Gasteiger partial charge in [-0.2, -0.15) is 0 Å². The molecule has 0 unspecified atom stereocenters. The molecule has 0 saturated carbocycles. The first kappa shape index (κ1) is 20.0. The van der Waals surface area contributed by atoms with Crippen LogP contribution in [0.5, 0.6) is 5.75 Å². The van der Waals surface area contributed by atoms with Crippen molar-refractivity contribution in [3.05, 3.63) is 71.6 Å². The van der Waals surface area contributed by atoms with Gasteiger partial charge in [0.25, 0.3) is 0 Å². The molecule has 0 heterocycles. The van der Waals surface area contributed by atoms with Gasteiger partial charge in [-0.25, -0.2) is 14.0 Å². The molecule has 0 aromatic heterocycles. The smallest absolute Gasteiger partial charge is 0.412 e. The normalized spacial score (nSPS) is 13.1. The van der Waals surface area contributed by atoms with E-state index in [1.807, 2.05) is 19.1 Å². The maximum Gasteiger partial charge on any atom is 0.412 e. The van der Waals surface area contributed by atoms with E-state index in [0.717, 1.165) is 23.8 Å². The number of phenolic OH excluding ortho intramolecular Hbond substituents is 1. The van der Waals surface area contributed by atoms with Crippen molar-refractivity contribution in [1.29, 1.82) is 0 Å². The largest absolute Gasteiger partial charge is 0.505 e. The van der Waals surface area contributed by atoms with Crippen LogP contribution in [0.3, 0.4) is 0 Å². The number of phenols is 1. The molecule has 142 valence electrons. The van der Waals surface area contributed by atoms with Crippen molar-refractivity contribution < 1.29 is 28.9 Å². The van der Waals surface area contributed by atoms with E-state index in [0.29, 0.717) is 5.69 Å². The summed E-state index contributed by atoms with van der Waals surface area (Å²) >= 11 is 0. The van der Waals surface area contributed by atoms with Crippen molar-refractivity contribution in [1.82, 2.24) is 0 Å². The van der Waals surface area contributed by atoms with Gasteiger partial charge in [-0.15, -0.1) is 0 Å². The zero-order chi connectivity index (χ0) is 20.0. The highest BCUT2D eigenvalue weighted by Gasteiger charge is 2.23. The fourth-order valence-corrected chi connectivity index (χ4v) is 2.41. The predicted octanol–water partition coefficient (Wildman–Crippen LogP) is 4.41. The van der Waals surface area contributed by atoms with Crippen LogP contribution in [-0.2, 0) is 9.53 Å². The lowest BCUT2D eigenvalue weighted by Gasteiger charge is -2.23. The number of halogens is 1. The van der Waals surface area contributed by atoms with E-state index in [1.54, 1.807) is 19.1 Å². The summed E-state index contributed by atoms with van der Waals surface area (Å²) in [7, 11) is 0. The molecular weight excluding hydrogens is 353 g/mol. The molecular formula is C20H20FNO5. The minimum absolute atomic E-state index is 0.284. The third-order valence-corrected chi connectivity index (χ3v) is 3.85. The Bertz CT molecular complexity index is 848. The van der Waals surface area contributed by atoms with Crippen LogP contribution in [0, 0.1) is 18.7 Å². The first-order chi connectivity index (χ1) is 12.8. The van der Waals surface area contributed by atoms with Crippen molar-refractivity contribution in [3.63, 3.8) is 0 Å². The Morgan fingerprint density at radius 3 is 2.44 bits per heavy atom. The van der Waals surface area contributed by atoms with E-state index in [9.17, 15) is 19.1 Å². The summed E-state index contributed by atoms with van der Waals surface area (Å²) in [5.41, 5.74) is 1.83. The quantitative estimate of drug-likeness (QED) is 0.652. The van der Waals surface area contributed by atoms with E-state index in [1.165, 1.54) is 12.1 Å². The van der Waals surface area contributed by atoms with E-state index in [-0.39, 0.29) is 5.56 Å². The highest BCUT2D eigenvalue weighted by molar-refractivity contribution is 5.84. The van der Waals surface area contributed by atoms with Crippen molar-refractivity contribution in [2.24, 2.45) is 5.92 Å². The van der Waals surface area contributed by atoms with Crippen molar-refractivity contribution >= 4 is 17.7 Å². The molecule has 0 aliphatic rings. The number of ether oxygens (including phenoxy) is 1. The lowest BCUT2D eigenvalue weighted by molar-refractivity contribution is -0.131. The zero-order valence-corrected chi connectivity index (χ0v) is 14.8. The van der Waals surface area contributed by atoms with Gasteiger partial charge in [0.15, 0.2) is 11.6 Å². The van der Waals surface area contributed by atoms with Crippen LogP contribution in [0.2, 0.25) is 0 Å². The van der Waals surface area contributed by atoms with Gasteiger partial charge in [0.2, 0.25) is 0 Å². The number of hydrogen-bond acceptors (Lipinski definition) is 4. The Labute approximate surface area is 155 Å². The Morgan fingerprint density at radius 1 is 1.19 bits per heavy atom. The monoisotopic (exact) mass is 373 g/mol. The summed E-state index contributed by atoms with van der Waals surface area (Å²) in [5, 5.41) is 20.7. The molecule has 2 atom stereocenters. The van der Waals surface area contributed by atoms with Crippen LogP contribution in [0.1, 0.15) is 24.2 Å². The third kappa shape index (κ3) is 5.85. The maximum atomic E-state index is 13.7. The number of aliphatic carboxylic acids is 1. The molecule has 1 amide bonds. The minimum Gasteiger partial charge on any atom is -0.505 e. The molecule has 0 spiro atoms. The summed E-state index contributed by atoms with van der Waals surface area (Å²) in [4.78, 5) is 23.0. The first-order valence-corrected chi connectivity index (χ1v) is 8.20. The summed E-state index contributed by atoms with van der Waals surface area (Å²) in [5.74, 6) is -3.11. The number of aryl methyl sites for hydroxylation is 1. The van der Waals surface area contributed by atoms with Crippen molar-refractivity contribution in [2.75, 3.05) is 5.32 Å². The SMILES string of the molecule is Cc1ccc(NC(=O)O[C@H](c2ccc(O)c(F)c2)[C@@H](C)/C=C/C(=O)O)cc1. The van der Waals surface area contributed by atoms with Crippen LogP contribution in [0.15, 0.2) is 54.6 Å². The fraction of sp³-hybridized carbons (Fsp3) is 0.200. The molecule has 7 heteroatoms. The van der Waals surface area contributed by atoms with Gasteiger partial charge in [-0.3, -0.25) is 5.32 Å². The van der Waals surface area contributed by atoms with Crippen molar-refractivity contribution in [3.8, 4) is 5.75 Å². The molecule has 2 aromatic rings. The highest BCUT2D eigenvalue weighted by atomic mass is 19.1.